The predicted molar refractivity (Wildman–Crippen MR) is 119 cm³/mol. The van der Waals surface area contributed by atoms with Crippen LogP contribution < -0.4 is 10.5 Å². The summed E-state index contributed by atoms with van der Waals surface area (Å²) in [5.41, 5.74) is 5.36. The summed E-state index contributed by atoms with van der Waals surface area (Å²) in [7, 11) is -3.85. The number of hydrogen-bond donors (Lipinski definition) is 3. The summed E-state index contributed by atoms with van der Waals surface area (Å²) in [5.74, 6) is -3.43. The largest absolute Gasteiger partial charge is 0.382 e. The first kappa shape index (κ1) is 22.3. The van der Waals surface area contributed by atoms with Crippen molar-refractivity contribution in [3.63, 3.8) is 0 Å². The Bertz CT molecular complexity index is 1470. The molecular formula is C21H18F2N6O3S. The first-order chi connectivity index (χ1) is 15.7. The van der Waals surface area contributed by atoms with Gasteiger partial charge in [-0.15, -0.1) is 0 Å². The van der Waals surface area contributed by atoms with Gasteiger partial charge in [-0.05, 0) is 24.6 Å². The van der Waals surface area contributed by atoms with Crippen LogP contribution in [0, 0.1) is 11.6 Å². The van der Waals surface area contributed by atoms with Gasteiger partial charge in [0.05, 0.1) is 35.1 Å². The fourth-order valence-corrected chi connectivity index (χ4v) is 4.41. The number of carbonyl (C=O) groups is 1. The normalized spacial score (nSPS) is 11.6. The number of halogens is 2. The molecule has 0 bridgehead atoms. The van der Waals surface area contributed by atoms with Crippen molar-refractivity contribution >= 4 is 38.3 Å². The zero-order chi connectivity index (χ0) is 23.8. The van der Waals surface area contributed by atoms with E-state index in [1.165, 1.54) is 24.8 Å². The maximum atomic E-state index is 15.1. The number of anilines is 2. The van der Waals surface area contributed by atoms with Crippen LogP contribution in [0.3, 0.4) is 0 Å². The number of hydrogen-bond acceptors (Lipinski definition) is 7. The monoisotopic (exact) mass is 472 g/mol. The molecule has 3 aromatic heterocycles. The number of carbonyl (C=O) groups excluding carboxylic acids is 1. The van der Waals surface area contributed by atoms with Crippen LogP contribution in [-0.4, -0.2) is 39.9 Å². The fourth-order valence-electron chi connectivity index (χ4n) is 3.28. The van der Waals surface area contributed by atoms with E-state index in [9.17, 15) is 17.6 Å². The summed E-state index contributed by atoms with van der Waals surface area (Å²) in [6.45, 7) is 1.64. The molecule has 0 spiro atoms. The standard InChI is InChI=1S/C21H18F2N6O3S/c1-2-5-33(31,32)29-15-4-3-14(22)18(19(15)23)20(30)13-8-28-21-12(13)6-11(7-27-21)16-9-26-17(24)10-25-16/h3-4,6-10,29H,2,5H2,1H3,(H2,24,26)(H,27,28). The highest BCUT2D eigenvalue weighted by Crippen LogP contribution is 2.29. The Morgan fingerprint density at radius 3 is 2.64 bits per heavy atom. The number of H-pyrrole nitrogens is 1. The third-order valence-corrected chi connectivity index (χ3v) is 6.28. The number of fused-ring (bicyclic) bond motifs is 1. The second-order valence-electron chi connectivity index (χ2n) is 7.18. The third kappa shape index (κ3) is 4.37. The third-order valence-electron chi connectivity index (χ3n) is 4.80. The van der Waals surface area contributed by atoms with Gasteiger partial charge in [-0.3, -0.25) is 14.5 Å². The molecule has 0 unspecified atom stereocenters. The smallest absolute Gasteiger partial charge is 0.232 e. The molecule has 33 heavy (non-hydrogen) atoms. The number of pyridine rings is 1. The van der Waals surface area contributed by atoms with Crippen LogP contribution in [0.2, 0.25) is 0 Å². The maximum absolute atomic E-state index is 15.1. The van der Waals surface area contributed by atoms with Crippen LogP contribution in [-0.2, 0) is 10.0 Å². The summed E-state index contributed by atoms with van der Waals surface area (Å²) < 4.78 is 55.7. The van der Waals surface area contributed by atoms with E-state index in [0.717, 1.165) is 12.1 Å². The minimum Gasteiger partial charge on any atom is -0.382 e. The van der Waals surface area contributed by atoms with E-state index in [4.69, 9.17) is 5.73 Å². The molecule has 0 aliphatic rings. The molecule has 170 valence electrons. The van der Waals surface area contributed by atoms with E-state index >= 15 is 4.39 Å². The lowest BCUT2D eigenvalue weighted by molar-refractivity contribution is 0.103. The maximum Gasteiger partial charge on any atom is 0.232 e. The van der Waals surface area contributed by atoms with E-state index in [0.29, 0.717) is 28.7 Å². The van der Waals surface area contributed by atoms with Crippen LogP contribution in [0.15, 0.2) is 43.0 Å². The Kier molecular flexibility index (Phi) is 5.77. The first-order valence-corrected chi connectivity index (χ1v) is 11.4. The predicted octanol–water partition coefficient (Wildman–Crippen LogP) is 3.26. The number of nitrogens with zero attached hydrogens (tertiary/aromatic N) is 3. The van der Waals surface area contributed by atoms with Gasteiger partial charge in [0.2, 0.25) is 15.8 Å². The number of nitrogen functional groups attached to an aromatic ring is 1. The van der Waals surface area contributed by atoms with Gasteiger partial charge in [-0.2, -0.15) is 0 Å². The summed E-state index contributed by atoms with van der Waals surface area (Å²) in [4.78, 5) is 28.3. The lowest BCUT2D eigenvalue weighted by atomic mass is 10.0. The summed E-state index contributed by atoms with van der Waals surface area (Å²) in [6, 6.07) is 3.35. The molecule has 0 atom stereocenters. The van der Waals surface area contributed by atoms with Gasteiger partial charge in [0.25, 0.3) is 0 Å². The zero-order valence-electron chi connectivity index (χ0n) is 17.3. The van der Waals surface area contributed by atoms with Crippen LogP contribution in [0.5, 0.6) is 0 Å². The van der Waals surface area contributed by atoms with Crippen molar-refractivity contribution in [1.29, 1.82) is 0 Å². The number of benzene rings is 1. The highest BCUT2D eigenvalue weighted by Gasteiger charge is 2.26. The highest BCUT2D eigenvalue weighted by molar-refractivity contribution is 7.92. The van der Waals surface area contributed by atoms with E-state index < -0.39 is 38.7 Å². The van der Waals surface area contributed by atoms with Gasteiger partial charge < -0.3 is 10.7 Å². The topological polar surface area (TPSA) is 144 Å². The number of aromatic nitrogens is 4. The molecule has 0 saturated heterocycles. The Morgan fingerprint density at radius 2 is 1.94 bits per heavy atom. The van der Waals surface area contributed by atoms with Crippen LogP contribution >= 0.6 is 0 Å². The minimum absolute atomic E-state index is 0.0471. The Balaban J connectivity index is 1.78. The number of nitrogens with one attached hydrogen (secondary N) is 2. The minimum atomic E-state index is -3.85. The quantitative estimate of drug-likeness (QED) is 0.350. The van der Waals surface area contributed by atoms with Gasteiger partial charge >= 0.3 is 0 Å². The Labute approximate surface area is 187 Å². The van der Waals surface area contributed by atoms with Crippen molar-refractivity contribution in [2.45, 2.75) is 13.3 Å². The second kappa shape index (κ2) is 8.54. The molecule has 4 N–H and O–H groups in total. The summed E-state index contributed by atoms with van der Waals surface area (Å²) in [5, 5.41) is 0.298. The van der Waals surface area contributed by atoms with Gasteiger partial charge in [0.15, 0.2) is 5.82 Å². The average Bonchev–Trinajstić information content (AvgIpc) is 3.19. The van der Waals surface area contributed by atoms with Crippen molar-refractivity contribution in [1.82, 2.24) is 19.9 Å². The molecule has 1 aromatic carbocycles. The van der Waals surface area contributed by atoms with E-state index in [1.54, 1.807) is 13.0 Å². The van der Waals surface area contributed by atoms with Crippen molar-refractivity contribution in [2.24, 2.45) is 0 Å². The Morgan fingerprint density at radius 1 is 1.15 bits per heavy atom. The van der Waals surface area contributed by atoms with Gasteiger partial charge in [-0.1, -0.05) is 6.92 Å². The summed E-state index contributed by atoms with van der Waals surface area (Å²) >= 11 is 0. The molecular weight excluding hydrogens is 454 g/mol. The number of rotatable bonds is 7. The first-order valence-electron chi connectivity index (χ1n) is 9.78. The second-order valence-corrected chi connectivity index (χ2v) is 9.02. The van der Waals surface area contributed by atoms with Crippen molar-refractivity contribution in [3.05, 3.63) is 65.7 Å². The van der Waals surface area contributed by atoms with Gasteiger partial charge in [0, 0.05) is 28.9 Å². The van der Waals surface area contributed by atoms with Gasteiger partial charge in [0.1, 0.15) is 17.3 Å². The fraction of sp³-hybridized carbons (Fsp3) is 0.143. The van der Waals surface area contributed by atoms with E-state index in [1.807, 2.05) is 0 Å². The zero-order valence-corrected chi connectivity index (χ0v) is 18.1. The Hall–Kier alpha value is -3.93. The average molecular weight is 472 g/mol. The molecule has 3 heterocycles. The van der Waals surface area contributed by atoms with Crippen molar-refractivity contribution in [3.8, 4) is 11.3 Å². The summed E-state index contributed by atoms with van der Waals surface area (Å²) in [6.07, 6.45) is 5.87. The number of ketones is 1. The highest BCUT2D eigenvalue weighted by atomic mass is 32.2. The SMILES string of the molecule is CCCS(=O)(=O)Nc1ccc(F)c(C(=O)c2c[nH]c3ncc(-c4cnc(N)cn4)cc23)c1F. The lowest BCUT2D eigenvalue weighted by Gasteiger charge is -2.11. The van der Waals surface area contributed by atoms with E-state index in [-0.39, 0.29) is 17.1 Å². The van der Waals surface area contributed by atoms with E-state index in [2.05, 4.69) is 24.7 Å². The van der Waals surface area contributed by atoms with Crippen LogP contribution in [0.1, 0.15) is 29.3 Å². The molecule has 0 aliphatic heterocycles. The van der Waals surface area contributed by atoms with Crippen molar-refractivity contribution in [2.75, 3.05) is 16.2 Å². The molecule has 9 nitrogen and oxygen atoms in total. The number of sulfonamides is 1. The lowest BCUT2D eigenvalue weighted by Crippen LogP contribution is -2.18. The van der Waals surface area contributed by atoms with Crippen LogP contribution in [0.4, 0.5) is 20.3 Å². The molecule has 12 heteroatoms. The van der Waals surface area contributed by atoms with Crippen molar-refractivity contribution < 1.29 is 22.0 Å². The number of aromatic amines is 1. The van der Waals surface area contributed by atoms with Crippen LogP contribution in [0.25, 0.3) is 22.3 Å². The van der Waals surface area contributed by atoms with Gasteiger partial charge in [-0.25, -0.2) is 27.2 Å². The number of nitrogens with two attached hydrogens (primary N) is 1. The molecule has 0 fully saturated rings. The molecule has 0 amide bonds. The molecule has 4 rings (SSSR count). The molecule has 0 aliphatic carbocycles. The molecule has 0 saturated carbocycles. The molecule has 4 aromatic rings. The molecule has 0 radical (unpaired) electrons.